The summed E-state index contributed by atoms with van der Waals surface area (Å²) in [6.45, 7) is 8.95. The first-order valence-electron chi connectivity index (χ1n) is 11.2. The Balaban J connectivity index is 1.86. The Bertz CT molecular complexity index is 1370. The number of aryl methyl sites for hydroxylation is 3. The number of esters is 1. The van der Waals surface area contributed by atoms with Crippen LogP contribution >= 0.6 is 11.3 Å². The van der Waals surface area contributed by atoms with Gasteiger partial charge in [-0.25, -0.2) is 9.78 Å². The Morgan fingerprint density at radius 1 is 1.09 bits per heavy atom. The predicted octanol–water partition coefficient (Wildman–Crippen LogP) is 5.42. The van der Waals surface area contributed by atoms with E-state index in [4.69, 9.17) is 4.74 Å². The number of aromatic nitrogens is 1. The van der Waals surface area contributed by atoms with Crippen LogP contribution in [0.25, 0.3) is 0 Å². The highest BCUT2D eigenvalue weighted by Crippen LogP contribution is 2.43. The first-order chi connectivity index (χ1) is 16.6. The normalized spacial score (nSPS) is 15.8. The Labute approximate surface area is 207 Å². The molecule has 1 N–H and O–H groups in total. The SMILES string of the molecule is Cc1cccc(C2C(C(=O)c3sc(C)nc3C)=C(O)C(=O)N2c2cccc(C(=O)OC(C)C)c2)c1. The van der Waals surface area contributed by atoms with Gasteiger partial charge in [0, 0.05) is 5.69 Å². The second kappa shape index (κ2) is 9.46. The maximum absolute atomic E-state index is 13.7. The number of hydrogen-bond acceptors (Lipinski definition) is 7. The van der Waals surface area contributed by atoms with E-state index in [0.29, 0.717) is 21.8 Å². The third-order valence-electron chi connectivity index (χ3n) is 5.62. The fraction of sp³-hybridized carbons (Fsp3) is 0.259. The van der Waals surface area contributed by atoms with Crippen molar-refractivity contribution in [2.75, 3.05) is 4.90 Å². The van der Waals surface area contributed by atoms with Gasteiger partial charge in [0.15, 0.2) is 5.76 Å². The Hall–Kier alpha value is -3.78. The molecule has 0 saturated heterocycles. The van der Waals surface area contributed by atoms with E-state index in [1.807, 2.05) is 31.2 Å². The van der Waals surface area contributed by atoms with Crippen molar-refractivity contribution in [3.05, 3.63) is 92.1 Å². The number of ether oxygens (including phenoxy) is 1. The second-order valence-electron chi connectivity index (χ2n) is 8.74. The number of benzene rings is 2. The smallest absolute Gasteiger partial charge is 0.338 e. The van der Waals surface area contributed by atoms with Crippen LogP contribution in [0.2, 0.25) is 0 Å². The van der Waals surface area contributed by atoms with Crippen LogP contribution < -0.4 is 4.90 Å². The van der Waals surface area contributed by atoms with Gasteiger partial charge in [0.1, 0.15) is 0 Å². The first kappa shape index (κ1) is 24.3. The minimum Gasteiger partial charge on any atom is -0.503 e. The molecule has 180 valence electrons. The number of rotatable bonds is 6. The van der Waals surface area contributed by atoms with Crippen molar-refractivity contribution in [3.8, 4) is 0 Å². The number of carbonyl (C=O) groups is 3. The number of Topliss-reactive ketones (excluding diaryl/α,β-unsaturated/α-hetero) is 1. The Morgan fingerprint density at radius 2 is 1.80 bits per heavy atom. The summed E-state index contributed by atoms with van der Waals surface area (Å²) >= 11 is 1.23. The lowest BCUT2D eigenvalue weighted by atomic mass is 9.94. The number of anilines is 1. The van der Waals surface area contributed by atoms with Gasteiger partial charge in [-0.15, -0.1) is 11.3 Å². The van der Waals surface area contributed by atoms with Crippen LogP contribution in [-0.2, 0) is 9.53 Å². The van der Waals surface area contributed by atoms with Gasteiger partial charge in [-0.2, -0.15) is 0 Å². The molecule has 2 heterocycles. The molecule has 4 rings (SSSR count). The van der Waals surface area contributed by atoms with Crippen LogP contribution in [0, 0.1) is 20.8 Å². The summed E-state index contributed by atoms with van der Waals surface area (Å²) in [5, 5.41) is 11.7. The van der Waals surface area contributed by atoms with E-state index in [0.717, 1.165) is 10.6 Å². The summed E-state index contributed by atoms with van der Waals surface area (Å²) in [5.41, 5.74) is 2.77. The zero-order valence-electron chi connectivity index (χ0n) is 20.2. The van der Waals surface area contributed by atoms with E-state index < -0.39 is 29.5 Å². The summed E-state index contributed by atoms with van der Waals surface area (Å²) in [5.74, 6) is -2.29. The van der Waals surface area contributed by atoms with E-state index in [9.17, 15) is 19.5 Å². The van der Waals surface area contributed by atoms with Crippen molar-refractivity contribution in [2.45, 2.75) is 46.8 Å². The van der Waals surface area contributed by atoms with E-state index >= 15 is 0 Å². The molecule has 0 saturated carbocycles. The topological polar surface area (TPSA) is 96.8 Å². The van der Waals surface area contributed by atoms with Crippen molar-refractivity contribution in [3.63, 3.8) is 0 Å². The molecule has 1 atom stereocenters. The van der Waals surface area contributed by atoms with Crippen LogP contribution in [0.1, 0.15) is 61.7 Å². The highest BCUT2D eigenvalue weighted by Gasteiger charge is 2.45. The van der Waals surface area contributed by atoms with Crippen molar-refractivity contribution < 1.29 is 24.2 Å². The van der Waals surface area contributed by atoms with Crippen molar-refractivity contribution in [2.24, 2.45) is 0 Å². The lowest BCUT2D eigenvalue weighted by Crippen LogP contribution is -2.31. The van der Waals surface area contributed by atoms with Crippen LogP contribution in [0.5, 0.6) is 0 Å². The Morgan fingerprint density at radius 3 is 2.43 bits per heavy atom. The van der Waals surface area contributed by atoms with Crippen LogP contribution in [0.15, 0.2) is 59.9 Å². The van der Waals surface area contributed by atoms with E-state index in [2.05, 4.69) is 4.98 Å². The maximum Gasteiger partial charge on any atom is 0.338 e. The molecule has 0 fully saturated rings. The molecule has 0 spiro atoms. The van der Waals surface area contributed by atoms with Gasteiger partial charge in [-0.1, -0.05) is 35.9 Å². The zero-order valence-corrected chi connectivity index (χ0v) is 21.0. The van der Waals surface area contributed by atoms with Crippen LogP contribution in [-0.4, -0.2) is 33.9 Å². The molecule has 1 aliphatic heterocycles. The third kappa shape index (κ3) is 4.61. The van der Waals surface area contributed by atoms with Gasteiger partial charge in [0.2, 0.25) is 5.78 Å². The number of nitrogens with zero attached hydrogens (tertiary/aromatic N) is 2. The molecule has 8 heteroatoms. The van der Waals surface area contributed by atoms with Gasteiger partial charge in [-0.05, 0) is 58.4 Å². The molecule has 0 aliphatic carbocycles. The lowest BCUT2D eigenvalue weighted by molar-refractivity contribution is -0.117. The van der Waals surface area contributed by atoms with Gasteiger partial charge >= 0.3 is 5.97 Å². The lowest BCUT2D eigenvalue weighted by Gasteiger charge is -2.27. The predicted molar refractivity (Wildman–Crippen MR) is 134 cm³/mol. The number of carbonyl (C=O) groups excluding carboxylic acids is 3. The van der Waals surface area contributed by atoms with Crippen molar-refractivity contribution in [1.82, 2.24) is 4.98 Å². The van der Waals surface area contributed by atoms with Gasteiger partial charge in [0.05, 0.1) is 38.9 Å². The maximum atomic E-state index is 13.7. The molecule has 3 aromatic rings. The molecule has 1 unspecified atom stereocenters. The zero-order chi connectivity index (χ0) is 25.4. The largest absolute Gasteiger partial charge is 0.503 e. The second-order valence-corrected chi connectivity index (χ2v) is 9.94. The van der Waals surface area contributed by atoms with Crippen LogP contribution in [0.3, 0.4) is 0 Å². The highest BCUT2D eigenvalue weighted by molar-refractivity contribution is 7.14. The minimum atomic E-state index is -0.881. The Kier molecular flexibility index (Phi) is 6.58. The molecule has 7 nitrogen and oxygen atoms in total. The summed E-state index contributed by atoms with van der Waals surface area (Å²) in [4.78, 5) is 45.7. The fourth-order valence-electron chi connectivity index (χ4n) is 4.19. The molecule has 1 aliphatic rings. The summed E-state index contributed by atoms with van der Waals surface area (Å²) in [7, 11) is 0. The fourth-order valence-corrected chi connectivity index (χ4v) is 5.06. The van der Waals surface area contributed by atoms with E-state index in [1.54, 1.807) is 45.9 Å². The summed E-state index contributed by atoms with van der Waals surface area (Å²) in [6.07, 6.45) is -0.305. The molecule has 35 heavy (non-hydrogen) atoms. The quantitative estimate of drug-likeness (QED) is 0.366. The summed E-state index contributed by atoms with van der Waals surface area (Å²) < 4.78 is 5.30. The molecular weight excluding hydrogens is 464 g/mol. The molecule has 2 aromatic carbocycles. The number of aliphatic hydroxyl groups is 1. The molecule has 0 bridgehead atoms. The molecular formula is C27H26N2O5S. The first-order valence-corrected chi connectivity index (χ1v) is 12.0. The highest BCUT2D eigenvalue weighted by atomic mass is 32.1. The minimum absolute atomic E-state index is 0.0116. The standard InChI is InChI=1S/C27H26N2O5S/c1-14(2)34-27(33)19-10-7-11-20(13-19)29-22(18-9-6-8-15(3)12-18)21(24(31)26(29)32)23(30)25-16(4)28-17(5)35-25/h6-14,22,31H,1-5H3. The number of hydrogen-bond donors (Lipinski definition) is 1. The number of ketones is 1. The summed E-state index contributed by atoms with van der Waals surface area (Å²) in [6, 6.07) is 13.0. The number of aliphatic hydroxyl groups excluding tert-OH is 1. The average molecular weight is 491 g/mol. The molecule has 1 amide bonds. The number of amides is 1. The van der Waals surface area contributed by atoms with Crippen molar-refractivity contribution >= 4 is 34.7 Å². The monoisotopic (exact) mass is 490 g/mol. The van der Waals surface area contributed by atoms with Gasteiger partial charge in [-0.3, -0.25) is 14.5 Å². The van der Waals surface area contributed by atoms with Crippen LogP contribution in [0.4, 0.5) is 5.69 Å². The third-order valence-corrected chi connectivity index (χ3v) is 6.69. The molecule has 0 radical (unpaired) electrons. The van der Waals surface area contributed by atoms with E-state index in [-0.39, 0.29) is 17.2 Å². The van der Waals surface area contributed by atoms with E-state index in [1.165, 1.54) is 22.3 Å². The van der Waals surface area contributed by atoms with Gasteiger partial charge < -0.3 is 9.84 Å². The average Bonchev–Trinajstić information content (AvgIpc) is 3.28. The molecule has 1 aromatic heterocycles. The van der Waals surface area contributed by atoms with Gasteiger partial charge in [0.25, 0.3) is 5.91 Å². The number of thiazole rings is 1. The van der Waals surface area contributed by atoms with Crippen molar-refractivity contribution in [1.29, 1.82) is 0 Å².